The van der Waals surface area contributed by atoms with Gasteiger partial charge < -0.3 is 10.2 Å². The number of aromatic nitrogens is 2. The van der Waals surface area contributed by atoms with Gasteiger partial charge in [-0.1, -0.05) is 6.92 Å². The predicted molar refractivity (Wildman–Crippen MR) is 71.7 cm³/mol. The Morgan fingerprint density at radius 3 is 2.76 bits per heavy atom. The standard InChI is InChI=1S/C13H22N4/c1-5-11-7-6-8-17(11)13-9(2)12(14-4)15-10(3)16-13/h11H,5-8H2,1-4H3,(H,14,15,16). The molecular formula is C13H22N4. The molecule has 4 nitrogen and oxygen atoms in total. The van der Waals surface area contributed by atoms with Crippen LogP contribution in [0.25, 0.3) is 0 Å². The van der Waals surface area contributed by atoms with Crippen molar-refractivity contribution >= 4 is 11.6 Å². The van der Waals surface area contributed by atoms with Crippen LogP contribution in [0.3, 0.4) is 0 Å². The maximum atomic E-state index is 4.64. The van der Waals surface area contributed by atoms with Gasteiger partial charge in [-0.05, 0) is 33.1 Å². The molecule has 2 heterocycles. The van der Waals surface area contributed by atoms with Crippen molar-refractivity contribution in [2.45, 2.75) is 46.1 Å². The van der Waals surface area contributed by atoms with Crippen LogP contribution in [0.2, 0.25) is 0 Å². The molecule has 1 aromatic heterocycles. The van der Waals surface area contributed by atoms with Gasteiger partial charge in [-0.3, -0.25) is 0 Å². The summed E-state index contributed by atoms with van der Waals surface area (Å²) >= 11 is 0. The first-order valence-corrected chi connectivity index (χ1v) is 6.47. The van der Waals surface area contributed by atoms with E-state index in [4.69, 9.17) is 0 Å². The Bertz CT molecular complexity index is 403. The van der Waals surface area contributed by atoms with E-state index in [9.17, 15) is 0 Å². The number of rotatable bonds is 3. The molecule has 1 aliphatic heterocycles. The van der Waals surface area contributed by atoms with E-state index in [-0.39, 0.29) is 0 Å². The fraction of sp³-hybridized carbons (Fsp3) is 0.692. The van der Waals surface area contributed by atoms with Crippen LogP contribution in [-0.2, 0) is 0 Å². The van der Waals surface area contributed by atoms with E-state index >= 15 is 0 Å². The van der Waals surface area contributed by atoms with Crippen LogP contribution in [0.5, 0.6) is 0 Å². The third-order valence-electron chi connectivity index (χ3n) is 3.59. The lowest BCUT2D eigenvalue weighted by molar-refractivity contribution is 0.638. The summed E-state index contributed by atoms with van der Waals surface area (Å²) in [4.78, 5) is 11.5. The molecule has 0 aliphatic carbocycles. The Kier molecular flexibility index (Phi) is 3.50. The van der Waals surface area contributed by atoms with Crippen LogP contribution in [0.1, 0.15) is 37.6 Å². The van der Waals surface area contributed by atoms with Gasteiger partial charge in [-0.2, -0.15) is 0 Å². The third-order valence-corrected chi connectivity index (χ3v) is 3.59. The van der Waals surface area contributed by atoms with Crippen molar-refractivity contribution in [2.24, 2.45) is 0 Å². The van der Waals surface area contributed by atoms with Crippen molar-refractivity contribution in [3.8, 4) is 0 Å². The second kappa shape index (κ2) is 4.90. The summed E-state index contributed by atoms with van der Waals surface area (Å²) in [7, 11) is 1.92. The molecule has 4 heteroatoms. The lowest BCUT2D eigenvalue weighted by Gasteiger charge is -2.27. The zero-order valence-corrected chi connectivity index (χ0v) is 11.2. The van der Waals surface area contributed by atoms with E-state index in [0.717, 1.165) is 24.0 Å². The van der Waals surface area contributed by atoms with Gasteiger partial charge in [0.15, 0.2) is 0 Å². The molecule has 0 spiro atoms. The van der Waals surface area contributed by atoms with Crippen LogP contribution in [0.4, 0.5) is 11.6 Å². The fourth-order valence-electron chi connectivity index (χ4n) is 2.68. The van der Waals surface area contributed by atoms with E-state index in [1.165, 1.54) is 24.8 Å². The molecule has 1 atom stereocenters. The first-order valence-electron chi connectivity index (χ1n) is 6.47. The first kappa shape index (κ1) is 12.1. The highest BCUT2D eigenvalue weighted by Gasteiger charge is 2.26. The summed E-state index contributed by atoms with van der Waals surface area (Å²) in [6.07, 6.45) is 3.75. The van der Waals surface area contributed by atoms with Crippen molar-refractivity contribution in [3.05, 3.63) is 11.4 Å². The van der Waals surface area contributed by atoms with Gasteiger partial charge >= 0.3 is 0 Å². The van der Waals surface area contributed by atoms with Gasteiger partial charge in [0.2, 0.25) is 0 Å². The Morgan fingerprint density at radius 2 is 2.12 bits per heavy atom. The summed E-state index contributed by atoms with van der Waals surface area (Å²) in [6, 6.07) is 0.646. The Morgan fingerprint density at radius 1 is 1.35 bits per heavy atom. The minimum absolute atomic E-state index is 0.646. The monoisotopic (exact) mass is 234 g/mol. The highest BCUT2D eigenvalue weighted by Crippen LogP contribution is 2.30. The largest absolute Gasteiger partial charge is 0.373 e. The molecule has 0 aromatic carbocycles. The minimum Gasteiger partial charge on any atom is -0.373 e. The maximum absolute atomic E-state index is 4.64. The summed E-state index contributed by atoms with van der Waals surface area (Å²) < 4.78 is 0. The molecule has 94 valence electrons. The molecule has 2 rings (SSSR count). The molecular weight excluding hydrogens is 212 g/mol. The molecule has 1 N–H and O–H groups in total. The zero-order chi connectivity index (χ0) is 12.4. The molecule has 1 fully saturated rings. The summed E-state index contributed by atoms with van der Waals surface area (Å²) in [5, 5.41) is 3.16. The molecule has 0 amide bonds. The van der Waals surface area contributed by atoms with Gasteiger partial charge in [0.25, 0.3) is 0 Å². The topological polar surface area (TPSA) is 41.1 Å². The van der Waals surface area contributed by atoms with Crippen molar-refractivity contribution in [3.63, 3.8) is 0 Å². The van der Waals surface area contributed by atoms with Gasteiger partial charge in [-0.15, -0.1) is 0 Å². The summed E-state index contributed by atoms with van der Waals surface area (Å²) in [5.41, 5.74) is 1.17. The van der Waals surface area contributed by atoms with E-state index in [1.54, 1.807) is 0 Å². The predicted octanol–water partition coefficient (Wildman–Crippen LogP) is 2.51. The molecule has 1 unspecified atom stereocenters. The van der Waals surface area contributed by atoms with Crippen LogP contribution >= 0.6 is 0 Å². The minimum atomic E-state index is 0.646. The Balaban J connectivity index is 2.40. The van der Waals surface area contributed by atoms with E-state index in [2.05, 4.69) is 34.0 Å². The second-order valence-electron chi connectivity index (χ2n) is 4.72. The fourth-order valence-corrected chi connectivity index (χ4v) is 2.68. The quantitative estimate of drug-likeness (QED) is 0.872. The van der Waals surface area contributed by atoms with Crippen molar-refractivity contribution in [2.75, 3.05) is 23.8 Å². The van der Waals surface area contributed by atoms with Crippen LogP contribution in [-0.4, -0.2) is 29.6 Å². The average molecular weight is 234 g/mol. The number of hydrogen-bond acceptors (Lipinski definition) is 4. The van der Waals surface area contributed by atoms with Crippen LogP contribution in [0.15, 0.2) is 0 Å². The average Bonchev–Trinajstić information content (AvgIpc) is 2.79. The van der Waals surface area contributed by atoms with Crippen molar-refractivity contribution < 1.29 is 0 Å². The second-order valence-corrected chi connectivity index (χ2v) is 4.72. The highest BCUT2D eigenvalue weighted by molar-refractivity contribution is 5.59. The van der Waals surface area contributed by atoms with E-state index in [0.29, 0.717) is 6.04 Å². The highest BCUT2D eigenvalue weighted by atomic mass is 15.2. The number of anilines is 2. The molecule has 0 saturated carbocycles. The molecule has 1 aromatic rings. The molecule has 0 radical (unpaired) electrons. The van der Waals surface area contributed by atoms with Crippen molar-refractivity contribution in [1.82, 2.24) is 9.97 Å². The number of nitrogens with one attached hydrogen (secondary N) is 1. The summed E-state index contributed by atoms with van der Waals surface area (Å²) in [5.74, 6) is 2.91. The summed E-state index contributed by atoms with van der Waals surface area (Å²) in [6.45, 7) is 7.44. The Labute approximate surface area is 103 Å². The van der Waals surface area contributed by atoms with Crippen LogP contribution < -0.4 is 10.2 Å². The molecule has 1 saturated heterocycles. The smallest absolute Gasteiger partial charge is 0.137 e. The molecule has 0 bridgehead atoms. The van der Waals surface area contributed by atoms with Crippen LogP contribution in [0, 0.1) is 13.8 Å². The molecule has 17 heavy (non-hydrogen) atoms. The third kappa shape index (κ3) is 2.21. The normalized spacial score (nSPS) is 19.8. The number of hydrogen-bond donors (Lipinski definition) is 1. The SMILES string of the molecule is CCC1CCCN1c1nc(C)nc(NC)c1C. The lowest BCUT2D eigenvalue weighted by Crippen LogP contribution is -2.30. The number of aryl methyl sites for hydroxylation is 1. The van der Waals surface area contributed by atoms with Crippen molar-refractivity contribution in [1.29, 1.82) is 0 Å². The Hall–Kier alpha value is -1.32. The van der Waals surface area contributed by atoms with E-state index < -0.39 is 0 Å². The zero-order valence-electron chi connectivity index (χ0n) is 11.2. The van der Waals surface area contributed by atoms with Gasteiger partial charge in [-0.25, -0.2) is 9.97 Å². The van der Waals surface area contributed by atoms with E-state index in [1.807, 2.05) is 14.0 Å². The van der Waals surface area contributed by atoms with Gasteiger partial charge in [0, 0.05) is 25.2 Å². The molecule has 1 aliphatic rings. The van der Waals surface area contributed by atoms with Gasteiger partial charge in [0.05, 0.1) is 0 Å². The number of nitrogens with zero attached hydrogens (tertiary/aromatic N) is 3. The lowest BCUT2D eigenvalue weighted by atomic mass is 10.1. The maximum Gasteiger partial charge on any atom is 0.137 e. The van der Waals surface area contributed by atoms with Gasteiger partial charge in [0.1, 0.15) is 17.5 Å². The first-order chi connectivity index (χ1) is 8.17.